The summed E-state index contributed by atoms with van der Waals surface area (Å²) in [6.45, 7) is 0.426. The van der Waals surface area contributed by atoms with Crippen LogP contribution in [0, 0.1) is 24.2 Å². The molecule has 0 heterocycles. The lowest BCUT2D eigenvalue weighted by Gasteiger charge is -2.17. The summed E-state index contributed by atoms with van der Waals surface area (Å²) < 4.78 is 0. The molecule has 1 heteroatoms. The van der Waals surface area contributed by atoms with Gasteiger partial charge in [0.15, 0.2) is 0 Å². The zero-order valence-corrected chi connectivity index (χ0v) is 5.59. The number of rotatable bonds is 1. The first-order chi connectivity index (χ1) is 4.40. The van der Waals surface area contributed by atoms with Gasteiger partial charge in [-0.1, -0.05) is 0 Å². The van der Waals surface area contributed by atoms with Crippen molar-refractivity contribution in [1.29, 1.82) is 0 Å². The van der Waals surface area contributed by atoms with Crippen LogP contribution in [0.4, 0.5) is 0 Å². The van der Waals surface area contributed by atoms with Gasteiger partial charge in [0.2, 0.25) is 0 Å². The zero-order valence-electron chi connectivity index (χ0n) is 5.59. The predicted molar refractivity (Wildman–Crippen MR) is 35.7 cm³/mol. The maximum Gasteiger partial charge on any atom is 0.0462 e. The molecule has 0 aliphatic heterocycles. The van der Waals surface area contributed by atoms with Crippen LogP contribution in [-0.4, -0.2) is 11.7 Å². The van der Waals surface area contributed by atoms with Crippen LogP contribution >= 0.6 is 0 Å². The molecule has 0 aromatic rings. The van der Waals surface area contributed by atoms with E-state index >= 15 is 0 Å². The minimum Gasteiger partial charge on any atom is -0.396 e. The Bertz CT molecular complexity index is 111. The zero-order chi connectivity index (χ0) is 6.27. The molecule has 2 saturated carbocycles. The van der Waals surface area contributed by atoms with Gasteiger partial charge < -0.3 is 5.11 Å². The van der Waals surface area contributed by atoms with E-state index in [2.05, 4.69) is 6.42 Å². The SMILES string of the molecule is OCC1CC2[CH]CC1C2. The summed E-state index contributed by atoms with van der Waals surface area (Å²) in [6, 6.07) is 0. The molecule has 1 radical (unpaired) electrons. The molecule has 2 bridgehead atoms. The molecule has 3 unspecified atom stereocenters. The van der Waals surface area contributed by atoms with E-state index in [1.165, 1.54) is 19.3 Å². The van der Waals surface area contributed by atoms with Crippen LogP contribution in [0.25, 0.3) is 0 Å². The second-order valence-electron chi connectivity index (χ2n) is 3.41. The van der Waals surface area contributed by atoms with Gasteiger partial charge in [0, 0.05) is 6.61 Å². The molecule has 0 saturated heterocycles. The molecule has 2 aliphatic rings. The molecule has 51 valence electrons. The monoisotopic (exact) mass is 125 g/mol. The van der Waals surface area contributed by atoms with Crippen LogP contribution in [0.5, 0.6) is 0 Å². The minimum atomic E-state index is 0.426. The lowest BCUT2D eigenvalue weighted by molar-refractivity contribution is 0.186. The maximum absolute atomic E-state index is 8.87. The van der Waals surface area contributed by atoms with Gasteiger partial charge in [-0.05, 0) is 43.4 Å². The molecule has 1 N–H and O–H groups in total. The topological polar surface area (TPSA) is 20.2 Å². The Morgan fingerprint density at radius 3 is 2.67 bits per heavy atom. The summed E-state index contributed by atoms with van der Waals surface area (Å²) >= 11 is 0. The van der Waals surface area contributed by atoms with Gasteiger partial charge in [0.1, 0.15) is 0 Å². The molecular weight excluding hydrogens is 112 g/mol. The van der Waals surface area contributed by atoms with Crippen molar-refractivity contribution in [2.24, 2.45) is 17.8 Å². The van der Waals surface area contributed by atoms with E-state index in [1.807, 2.05) is 0 Å². The maximum atomic E-state index is 8.87. The van der Waals surface area contributed by atoms with Crippen LogP contribution < -0.4 is 0 Å². The van der Waals surface area contributed by atoms with Gasteiger partial charge >= 0.3 is 0 Å². The molecule has 2 fully saturated rings. The summed E-state index contributed by atoms with van der Waals surface area (Å²) in [6.07, 6.45) is 6.33. The van der Waals surface area contributed by atoms with E-state index in [4.69, 9.17) is 5.11 Å². The number of aliphatic hydroxyl groups is 1. The largest absolute Gasteiger partial charge is 0.396 e. The number of aliphatic hydroxyl groups excluding tert-OH is 1. The average molecular weight is 125 g/mol. The first kappa shape index (κ1) is 5.72. The lowest BCUT2D eigenvalue weighted by atomic mass is 9.90. The first-order valence-electron chi connectivity index (χ1n) is 3.84. The van der Waals surface area contributed by atoms with Gasteiger partial charge in [0.25, 0.3) is 0 Å². The Balaban J connectivity index is 2.01. The second kappa shape index (κ2) is 1.98. The third-order valence-electron chi connectivity index (χ3n) is 2.88. The normalized spacial score (nSPS) is 48.3. The van der Waals surface area contributed by atoms with E-state index in [9.17, 15) is 0 Å². The fraction of sp³-hybridized carbons (Fsp3) is 0.875. The van der Waals surface area contributed by atoms with E-state index in [0.717, 1.165) is 11.8 Å². The van der Waals surface area contributed by atoms with Gasteiger partial charge in [-0.25, -0.2) is 0 Å². The number of fused-ring (bicyclic) bond motifs is 2. The standard InChI is InChI=1S/C8H13O/c9-5-8-4-6-1-2-7(8)3-6/h1,6-9H,2-5H2. The van der Waals surface area contributed by atoms with Gasteiger partial charge in [-0.3, -0.25) is 0 Å². The molecule has 1 nitrogen and oxygen atoms in total. The van der Waals surface area contributed by atoms with Crippen LogP contribution in [0.1, 0.15) is 19.3 Å². The van der Waals surface area contributed by atoms with Crippen molar-refractivity contribution in [3.63, 3.8) is 0 Å². The number of hydrogen-bond donors (Lipinski definition) is 1. The fourth-order valence-corrected chi connectivity index (χ4v) is 2.33. The smallest absolute Gasteiger partial charge is 0.0462 e. The highest BCUT2D eigenvalue weighted by Gasteiger charge is 2.38. The summed E-state index contributed by atoms with van der Waals surface area (Å²) in [5.41, 5.74) is 0. The number of hydrogen-bond acceptors (Lipinski definition) is 1. The van der Waals surface area contributed by atoms with E-state index < -0.39 is 0 Å². The molecule has 0 amide bonds. The van der Waals surface area contributed by atoms with Gasteiger partial charge in [-0.15, -0.1) is 0 Å². The van der Waals surface area contributed by atoms with Crippen molar-refractivity contribution in [2.45, 2.75) is 19.3 Å². The van der Waals surface area contributed by atoms with E-state index in [0.29, 0.717) is 12.5 Å². The van der Waals surface area contributed by atoms with Crippen LogP contribution in [-0.2, 0) is 0 Å². The van der Waals surface area contributed by atoms with Crippen LogP contribution in [0.15, 0.2) is 0 Å². The Labute approximate surface area is 56.1 Å². The van der Waals surface area contributed by atoms with E-state index in [1.54, 1.807) is 0 Å². The summed E-state index contributed by atoms with van der Waals surface area (Å²) in [7, 11) is 0. The Hall–Kier alpha value is -0.0400. The van der Waals surface area contributed by atoms with Crippen molar-refractivity contribution in [2.75, 3.05) is 6.61 Å². The fourth-order valence-electron chi connectivity index (χ4n) is 2.33. The highest BCUT2D eigenvalue weighted by molar-refractivity contribution is 4.99. The second-order valence-corrected chi connectivity index (χ2v) is 3.41. The molecule has 0 aromatic heterocycles. The van der Waals surface area contributed by atoms with Gasteiger partial charge in [-0.2, -0.15) is 0 Å². The molecular formula is C8H13O. The highest BCUT2D eigenvalue weighted by atomic mass is 16.3. The third kappa shape index (κ3) is 0.787. The highest BCUT2D eigenvalue weighted by Crippen LogP contribution is 2.47. The van der Waals surface area contributed by atoms with Crippen LogP contribution in [0.3, 0.4) is 0 Å². The van der Waals surface area contributed by atoms with Crippen molar-refractivity contribution in [3.8, 4) is 0 Å². The summed E-state index contributed by atoms with van der Waals surface area (Å²) in [5.74, 6) is 2.37. The van der Waals surface area contributed by atoms with Crippen LogP contribution in [0.2, 0.25) is 0 Å². The Morgan fingerprint density at radius 2 is 2.33 bits per heavy atom. The molecule has 2 aliphatic carbocycles. The molecule has 0 aromatic carbocycles. The Morgan fingerprint density at radius 1 is 1.44 bits per heavy atom. The molecule has 0 spiro atoms. The summed E-state index contributed by atoms with van der Waals surface area (Å²) in [5, 5.41) is 8.87. The Kier molecular flexibility index (Phi) is 1.26. The average Bonchev–Trinajstić information content (AvgIpc) is 2.45. The van der Waals surface area contributed by atoms with Gasteiger partial charge in [0.05, 0.1) is 0 Å². The molecule has 2 rings (SSSR count). The predicted octanol–water partition coefficient (Wildman–Crippen LogP) is 1.23. The third-order valence-corrected chi connectivity index (χ3v) is 2.88. The van der Waals surface area contributed by atoms with Crippen molar-refractivity contribution in [3.05, 3.63) is 6.42 Å². The van der Waals surface area contributed by atoms with Crippen molar-refractivity contribution in [1.82, 2.24) is 0 Å². The lowest BCUT2D eigenvalue weighted by Crippen LogP contribution is -2.14. The van der Waals surface area contributed by atoms with Crippen molar-refractivity contribution < 1.29 is 5.11 Å². The van der Waals surface area contributed by atoms with E-state index in [-0.39, 0.29) is 0 Å². The quantitative estimate of drug-likeness (QED) is 0.559. The molecule has 9 heavy (non-hydrogen) atoms. The molecule has 3 atom stereocenters. The van der Waals surface area contributed by atoms with Crippen molar-refractivity contribution >= 4 is 0 Å². The first-order valence-corrected chi connectivity index (χ1v) is 3.84. The minimum absolute atomic E-state index is 0.426. The summed E-state index contributed by atoms with van der Waals surface area (Å²) in [4.78, 5) is 0.